The molecule has 2 N–H and O–H groups in total. The molecule has 2 nitrogen and oxygen atoms in total. The van der Waals surface area contributed by atoms with E-state index in [1.807, 2.05) is 0 Å². The van der Waals surface area contributed by atoms with E-state index in [-0.39, 0.29) is 23.2 Å². The molecule has 1 fully saturated rings. The van der Waals surface area contributed by atoms with Gasteiger partial charge in [0.05, 0.1) is 5.02 Å². The molecule has 1 aliphatic heterocycles. The van der Waals surface area contributed by atoms with Crippen LogP contribution in [0.25, 0.3) is 0 Å². The third kappa shape index (κ3) is 3.82. The van der Waals surface area contributed by atoms with Crippen molar-refractivity contribution in [3.63, 3.8) is 0 Å². The standard InChI is InChI=1S/C13H18ClFN2.ClH/c1-9-7-17(5-4-13(9)16)8-10-2-3-12(15)11(14)6-10;/h2-3,6,9,13H,4-5,7-8,16H2,1H3;1H. The molecule has 0 radical (unpaired) electrons. The predicted molar refractivity (Wildman–Crippen MR) is 75.7 cm³/mol. The Balaban J connectivity index is 0.00000162. The lowest BCUT2D eigenvalue weighted by Crippen LogP contribution is -2.45. The van der Waals surface area contributed by atoms with Gasteiger partial charge in [-0.1, -0.05) is 24.6 Å². The molecule has 0 spiro atoms. The molecule has 5 heteroatoms. The molecule has 0 aliphatic carbocycles. The Bertz CT molecular complexity index is 401. The van der Waals surface area contributed by atoms with Crippen molar-refractivity contribution in [2.75, 3.05) is 13.1 Å². The van der Waals surface area contributed by atoms with Crippen LogP contribution in [0.5, 0.6) is 0 Å². The van der Waals surface area contributed by atoms with E-state index < -0.39 is 0 Å². The molecule has 1 heterocycles. The van der Waals surface area contributed by atoms with Crippen LogP contribution in [0.2, 0.25) is 5.02 Å². The lowest BCUT2D eigenvalue weighted by molar-refractivity contribution is 0.158. The first-order valence-corrected chi connectivity index (χ1v) is 6.36. The number of halogens is 3. The van der Waals surface area contributed by atoms with Crippen molar-refractivity contribution in [2.45, 2.75) is 25.9 Å². The van der Waals surface area contributed by atoms with Gasteiger partial charge in [-0.2, -0.15) is 0 Å². The van der Waals surface area contributed by atoms with Gasteiger partial charge in [-0.05, 0) is 36.6 Å². The van der Waals surface area contributed by atoms with Gasteiger partial charge < -0.3 is 5.73 Å². The average Bonchev–Trinajstić information content (AvgIpc) is 2.29. The molecule has 0 saturated carbocycles. The van der Waals surface area contributed by atoms with Gasteiger partial charge in [-0.25, -0.2) is 4.39 Å². The molecular weight excluding hydrogens is 274 g/mol. The number of piperidine rings is 1. The molecule has 0 amide bonds. The van der Waals surface area contributed by atoms with Gasteiger partial charge in [0, 0.05) is 19.1 Å². The molecule has 0 aromatic heterocycles. The van der Waals surface area contributed by atoms with Crippen LogP contribution in [0.1, 0.15) is 18.9 Å². The van der Waals surface area contributed by atoms with Crippen LogP contribution in [0.15, 0.2) is 18.2 Å². The Morgan fingerprint density at radius 1 is 1.50 bits per heavy atom. The molecular formula is C13H19Cl2FN2. The third-order valence-corrected chi connectivity index (χ3v) is 3.74. The molecule has 1 saturated heterocycles. The van der Waals surface area contributed by atoms with Gasteiger partial charge >= 0.3 is 0 Å². The lowest BCUT2D eigenvalue weighted by Gasteiger charge is -2.35. The normalized spacial score (nSPS) is 24.7. The molecule has 1 aromatic rings. The van der Waals surface area contributed by atoms with E-state index in [0.717, 1.165) is 31.6 Å². The first-order chi connectivity index (χ1) is 8.06. The summed E-state index contributed by atoms with van der Waals surface area (Å²) in [5, 5.41) is 0.198. The quantitative estimate of drug-likeness (QED) is 0.908. The molecule has 2 atom stereocenters. The van der Waals surface area contributed by atoms with Gasteiger partial charge in [0.2, 0.25) is 0 Å². The van der Waals surface area contributed by atoms with Crippen molar-refractivity contribution in [1.29, 1.82) is 0 Å². The van der Waals surface area contributed by atoms with Crippen LogP contribution in [0.4, 0.5) is 4.39 Å². The topological polar surface area (TPSA) is 29.3 Å². The second-order valence-electron chi connectivity index (χ2n) is 4.91. The SMILES string of the molecule is CC1CN(Cc2ccc(F)c(Cl)c2)CCC1N.Cl. The van der Waals surface area contributed by atoms with E-state index in [1.54, 1.807) is 12.1 Å². The Kier molecular flexibility index (Phi) is 5.86. The predicted octanol–water partition coefficient (Wildman–Crippen LogP) is 3.07. The number of rotatable bonds is 2. The fraction of sp³-hybridized carbons (Fsp3) is 0.538. The zero-order valence-electron chi connectivity index (χ0n) is 10.4. The van der Waals surface area contributed by atoms with Gasteiger partial charge in [-0.3, -0.25) is 4.90 Å². The fourth-order valence-corrected chi connectivity index (χ4v) is 2.49. The summed E-state index contributed by atoms with van der Waals surface area (Å²) in [5.41, 5.74) is 7.04. The van der Waals surface area contributed by atoms with Crippen LogP contribution in [-0.4, -0.2) is 24.0 Å². The molecule has 1 aromatic carbocycles. The highest BCUT2D eigenvalue weighted by Crippen LogP contribution is 2.20. The fourth-order valence-electron chi connectivity index (χ4n) is 2.29. The van der Waals surface area contributed by atoms with Crippen molar-refractivity contribution in [3.8, 4) is 0 Å². The van der Waals surface area contributed by atoms with Crippen LogP contribution < -0.4 is 5.73 Å². The second kappa shape index (κ2) is 6.71. The Labute approximate surface area is 119 Å². The maximum atomic E-state index is 13.0. The minimum atomic E-state index is -0.357. The van der Waals surface area contributed by atoms with Crippen molar-refractivity contribution in [1.82, 2.24) is 4.90 Å². The second-order valence-corrected chi connectivity index (χ2v) is 5.32. The minimum absolute atomic E-state index is 0. The van der Waals surface area contributed by atoms with E-state index >= 15 is 0 Å². The Morgan fingerprint density at radius 3 is 2.83 bits per heavy atom. The van der Waals surface area contributed by atoms with Gasteiger partial charge in [0.1, 0.15) is 5.82 Å². The van der Waals surface area contributed by atoms with Gasteiger partial charge in [-0.15, -0.1) is 12.4 Å². The molecule has 102 valence electrons. The van der Waals surface area contributed by atoms with Crippen molar-refractivity contribution >= 4 is 24.0 Å². The van der Waals surface area contributed by atoms with Crippen LogP contribution in [-0.2, 0) is 6.54 Å². The molecule has 18 heavy (non-hydrogen) atoms. The minimum Gasteiger partial charge on any atom is -0.327 e. The Morgan fingerprint density at radius 2 is 2.22 bits per heavy atom. The number of hydrogen-bond acceptors (Lipinski definition) is 2. The molecule has 1 aliphatic rings. The highest BCUT2D eigenvalue weighted by Gasteiger charge is 2.22. The third-order valence-electron chi connectivity index (χ3n) is 3.45. The maximum Gasteiger partial charge on any atom is 0.141 e. The molecule has 2 rings (SSSR count). The summed E-state index contributed by atoms with van der Waals surface area (Å²) in [6, 6.07) is 5.23. The number of nitrogens with zero attached hydrogens (tertiary/aromatic N) is 1. The van der Waals surface area contributed by atoms with E-state index in [2.05, 4.69) is 11.8 Å². The summed E-state index contributed by atoms with van der Waals surface area (Å²) in [7, 11) is 0. The monoisotopic (exact) mass is 292 g/mol. The number of hydrogen-bond donors (Lipinski definition) is 1. The van der Waals surface area contributed by atoms with Crippen LogP contribution in [0.3, 0.4) is 0 Å². The summed E-state index contributed by atoms with van der Waals surface area (Å²) in [4.78, 5) is 2.34. The highest BCUT2D eigenvalue weighted by molar-refractivity contribution is 6.30. The summed E-state index contributed by atoms with van der Waals surface area (Å²) in [6.07, 6.45) is 1.02. The largest absolute Gasteiger partial charge is 0.327 e. The first-order valence-electron chi connectivity index (χ1n) is 5.98. The van der Waals surface area contributed by atoms with Crippen LogP contribution in [0, 0.1) is 11.7 Å². The number of likely N-dealkylation sites (tertiary alicyclic amines) is 1. The molecule has 0 bridgehead atoms. The van der Waals surface area contributed by atoms with Crippen molar-refractivity contribution < 1.29 is 4.39 Å². The summed E-state index contributed by atoms with van der Waals surface area (Å²) >= 11 is 5.77. The zero-order valence-corrected chi connectivity index (χ0v) is 12.0. The van der Waals surface area contributed by atoms with Gasteiger partial charge in [0.15, 0.2) is 0 Å². The summed E-state index contributed by atoms with van der Waals surface area (Å²) in [5.74, 6) is 0.157. The Hall–Kier alpha value is -0.350. The zero-order chi connectivity index (χ0) is 12.4. The number of benzene rings is 1. The highest BCUT2D eigenvalue weighted by atomic mass is 35.5. The van der Waals surface area contributed by atoms with Gasteiger partial charge in [0.25, 0.3) is 0 Å². The smallest absolute Gasteiger partial charge is 0.141 e. The summed E-state index contributed by atoms with van der Waals surface area (Å²) < 4.78 is 13.0. The molecule has 2 unspecified atom stereocenters. The maximum absolute atomic E-state index is 13.0. The van der Waals surface area contributed by atoms with Crippen molar-refractivity contribution in [3.05, 3.63) is 34.6 Å². The van der Waals surface area contributed by atoms with E-state index in [4.69, 9.17) is 17.3 Å². The first kappa shape index (κ1) is 15.7. The summed E-state index contributed by atoms with van der Waals surface area (Å²) in [6.45, 7) is 4.99. The van der Waals surface area contributed by atoms with E-state index in [0.29, 0.717) is 12.0 Å². The average molecular weight is 293 g/mol. The van der Waals surface area contributed by atoms with Crippen molar-refractivity contribution in [2.24, 2.45) is 11.7 Å². The van der Waals surface area contributed by atoms with E-state index in [9.17, 15) is 4.39 Å². The number of nitrogens with two attached hydrogens (primary N) is 1. The lowest BCUT2D eigenvalue weighted by atomic mass is 9.94. The van der Waals surface area contributed by atoms with E-state index in [1.165, 1.54) is 6.07 Å². The van der Waals surface area contributed by atoms with Crippen LogP contribution >= 0.6 is 24.0 Å².